The molecule has 0 fully saturated rings. The number of hydrogen-bond donors (Lipinski definition) is 2. The number of rotatable bonds is 2. The largest absolute Gasteiger partial charge is 0.473 e. The number of carboxylic acid groups (broad SMARTS) is 2. The number of hydrogen-bond acceptors (Lipinski definition) is 4. The molecule has 2 aromatic rings. The Bertz CT molecular complexity index is 998. The Morgan fingerprint density at radius 3 is 1.82 bits per heavy atom. The predicted octanol–water partition coefficient (Wildman–Crippen LogP) is 3.28. The summed E-state index contributed by atoms with van der Waals surface area (Å²) in [6.07, 6.45) is 2.06. The highest BCUT2D eigenvalue weighted by molar-refractivity contribution is 6.27. The molecule has 2 aromatic carbocycles. The maximum absolute atomic E-state index is 9.31. The first kappa shape index (κ1) is 19.6. The molecule has 2 aliphatic rings. The van der Waals surface area contributed by atoms with Gasteiger partial charge in [-0.05, 0) is 54.3 Å². The smallest absolute Gasteiger partial charge is 0.414 e. The number of fused-ring (bicyclic) bond motifs is 8. The molecule has 144 valence electrons. The summed E-state index contributed by atoms with van der Waals surface area (Å²) in [7, 11) is 2.25. The molecule has 0 saturated carbocycles. The molecule has 0 amide bonds. The van der Waals surface area contributed by atoms with Crippen LogP contribution in [0.3, 0.4) is 0 Å². The van der Waals surface area contributed by atoms with Crippen molar-refractivity contribution >= 4 is 11.9 Å². The van der Waals surface area contributed by atoms with Gasteiger partial charge in [0.15, 0.2) is 0 Å². The first-order chi connectivity index (χ1) is 13.3. The van der Waals surface area contributed by atoms with Gasteiger partial charge in [0.2, 0.25) is 0 Å². The van der Waals surface area contributed by atoms with E-state index in [4.69, 9.17) is 19.8 Å². The predicted molar refractivity (Wildman–Crippen MR) is 103 cm³/mol. The maximum atomic E-state index is 9.31. The molecule has 0 aliphatic carbocycles. The molecular formula is C22H22N2O4. The van der Waals surface area contributed by atoms with E-state index >= 15 is 0 Å². The van der Waals surface area contributed by atoms with Crippen molar-refractivity contribution in [2.45, 2.75) is 37.8 Å². The van der Waals surface area contributed by atoms with Crippen molar-refractivity contribution in [3.8, 4) is 6.07 Å². The molecule has 2 bridgehead atoms. The molecule has 0 saturated heterocycles. The van der Waals surface area contributed by atoms with E-state index in [1.165, 1.54) is 22.3 Å². The topological polar surface area (TPSA) is 102 Å². The standard InChI is InChI=1S/C20H20N2.C2H2O4/c1-4-19-15-8-6-7-9-16(15)20(5-2,22(19)3)18-12-14(13-21)10-11-17(18)19;3-1(4)2(5)6/h6-12H,4-5H2,1-3H3;(H,3,4)(H,5,6). The van der Waals surface area contributed by atoms with E-state index < -0.39 is 11.9 Å². The molecule has 2 heterocycles. The van der Waals surface area contributed by atoms with Crippen molar-refractivity contribution in [2.75, 3.05) is 7.05 Å². The van der Waals surface area contributed by atoms with Crippen LogP contribution in [0.1, 0.15) is 54.5 Å². The van der Waals surface area contributed by atoms with E-state index in [1.807, 2.05) is 6.07 Å². The van der Waals surface area contributed by atoms with Crippen LogP contribution in [0.5, 0.6) is 0 Å². The Kier molecular flexibility index (Phi) is 4.74. The molecular weight excluding hydrogens is 356 g/mol. The highest BCUT2D eigenvalue weighted by Gasteiger charge is 2.63. The fourth-order valence-corrected chi connectivity index (χ4v) is 5.10. The minimum atomic E-state index is -1.82. The van der Waals surface area contributed by atoms with E-state index in [0.717, 1.165) is 18.4 Å². The van der Waals surface area contributed by atoms with Crippen molar-refractivity contribution < 1.29 is 19.8 Å². The van der Waals surface area contributed by atoms with Gasteiger partial charge in [0.1, 0.15) is 0 Å². The van der Waals surface area contributed by atoms with Crippen LogP contribution in [0.4, 0.5) is 0 Å². The summed E-state index contributed by atoms with van der Waals surface area (Å²) in [5, 5.41) is 24.1. The maximum Gasteiger partial charge on any atom is 0.414 e. The van der Waals surface area contributed by atoms with Crippen LogP contribution < -0.4 is 0 Å². The molecule has 2 atom stereocenters. The Hall–Kier alpha value is -3.17. The van der Waals surface area contributed by atoms with Gasteiger partial charge in [0.05, 0.1) is 22.7 Å². The van der Waals surface area contributed by atoms with Crippen LogP contribution in [0.25, 0.3) is 0 Å². The van der Waals surface area contributed by atoms with Crippen molar-refractivity contribution in [3.05, 3.63) is 70.3 Å². The van der Waals surface area contributed by atoms with Crippen LogP contribution in [-0.2, 0) is 20.7 Å². The zero-order valence-corrected chi connectivity index (χ0v) is 16.1. The molecule has 0 aromatic heterocycles. The second-order valence-corrected chi connectivity index (χ2v) is 7.01. The third-order valence-electron chi connectivity index (χ3n) is 6.21. The number of benzene rings is 2. The van der Waals surface area contributed by atoms with E-state index in [-0.39, 0.29) is 11.1 Å². The summed E-state index contributed by atoms with van der Waals surface area (Å²) >= 11 is 0. The molecule has 28 heavy (non-hydrogen) atoms. The number of carbonyl (C=O) groups is 2. The summed E-state index contributed by atoms with van der Waals surface area (Å²) in [6, 6.07) is 17.4. The van der Waals surface area contributed by atoms with Gasteiger partial charge in [-0.15, -0.1) is 0 Å². The van der Waals surface area contributed by atoms with Gasteiger partial charge >= 0.3 is 11.9 Å². The first-order valence-corrected chi connectivity index (χ1v) is 9.16. The lowest BCUT2D eigenvalue weighted by atomic mass is 9.70. The summed E-state index contributed by atoms with van der Waals surface area (Å²) in [5.74, 6) is -3.65. The van der Waals surface area contributed by atoms with Crippen molar-refractivity contribution in [1.82, 2.24) is 4.90 Å². The van der Waals surface area contributed by atoms with E-state index in [0.29, 0.717) is 0 Å². The third kappa shape index (κ3) is 2.30. The molecule has 4 rings (SSSR count). The second kappa shape index (κ2) is 6.77. The van der Waals surface area contributed by atoms with Crippen molar-refractivity contribution in [1.29, 1.82) is 5.26 Å². The number of carboxylic acids is 2. The first-order valence-electron chi connectivity index (χ1n) is 9.16. The zero-order chi connectivity index (χ0) is 20.7. The van der Waals surface area contributed by atoms with Gasteiger partial charge in [-0.2, -0.15) is 5.26 Å². The van der Waals surface area contributed by atoms with Gasteiger partial charge < -0.3 is 10.2 Å². The molecule has 0 radical (unpaired) electrons. The van der Waals surface area contributed by atoms with Crippen molar-refractivity contribution in [3.63, 3.8) is 0 Å². The van der Waals surface area contributed by atoms with Gasteiger partial charge in [-0.3, -0.25) is 4.90 Å². The number of nitriles is 1. The lowest BCUT2D eigenvalue weighted by Gasteiger charge is -2.36. The lowest BCUT2D eigenvalue weighted by molar-refractivity contribution is -0.159. The number of nitrogens with zero attached hydrogens (tertiary/aromatic N) is 2. The van der Waals surface area contributed by atoms with Crippen LogP contribution in [0.2, 0.25) is 0 Å². The normalized spacial score (nSPS) is 23.8. The summed E-state index contributed by atoms with van der Waals surface area (Å²) < 4.78 is 0. The second-order valence-electron chi connectivity index (χ2n) is 7.01. The molecule has 2 N–H and O–H groups in total. The summed E-state index contributed by atoms with van der Waals surface area (Å²) in [6.45, 7) is 4.53. The van der Waals surface area contributed by atoms with Gasteiger partial charge in [-0.25, -0.2) is 9.59 Å². The Morgan fingerprint density at radius 2 is 1.39 bits per heavy atom. The molecule has 6 heteroatoms. The Labute approximate surface area is 163 Å². The van der Waals surface area contributed by atoms with Gasteiger partial charge in [0.25, 0.3) is 0 Å². The average Bonchev–Trinajstić information content (AvgIpc) is 3.07. The van der Waals surface area contributed by atoms with E-state index in [9.17, 15) is 5.26 Å². The molecule has 0 spiro atoms. The molecule has 6 nitrogen and oxygen atoms in total. The fourth-order valence-electron chi connectivity index (χ4n) is 5.10. The fraction of sp³-hybridized carbons (Fsp3) is 0.318. The van der Waals surface area contributed by atoms with Crippen molar-refractivity contribution in [2.24, 2.45) is 0 Å². The minimum Gasteiger partial charge on any atom is -0.473 e. The van der Waals surface area contributed by atoms with Crippen LogP contribution in [0, 0.1) is 11.3 Å². The Balaban J connectivity index is 0.000000330. The lowest BCUT2D eigenvalue weighted by Crippen LogP contribution is -2.42. The monoisotopic (exact) mass is 378 g/mol. The SMILES string of the molecule is CCC12c3ccccc3C(CC)(c3cc(C#N)ccc31)N2C.O=C(O)C(=O)O. The summed E-state index contributed by atoms with van der Waals surface area (Å²) in [5.41, 5.74) is 6.21. The van der Waals surface area contributed by atoms with Gasteiger partial charge in [-0.1, -0.05) is 44.2 Å². The van der Waals surface area contributed by atoms with Gasteiger partial charge in [0, 0.05) is 0 Å². The third-order valence-corrected chi connectivity index (χ3v) is 6.21. The molecule has 2 aliphatic heterocycles. The highest BCUT2D eigenvalue weighted by Crippen LogP contribution is 2.64. The number of aliphatic carboxylic acids is 2. The quantitative estimate of drug-likeness (QED) is 0.778. The average molecular weight is 378 g/mol. The van der Waals surface area contributed by atoms with Crippen LogP contribution in [-0.4, -0.2) is 34.1 Å². The molecule has 2 unspecified atom stereocenters. The summed E-state index contributed by atoms with van der Waals surface area (Å²) in [4.78, 5) is 20.8. The van der Waals surface area contributed by atoms with Crippen LogP contribution in [0.15, 0.2) is 42.5 Å². The minimum absolute atomic E-state index is 0.0457. The van der Waals surface area contributed by atoms with Crippen LogP contribution >= 0.6 is 0 Å². The highest BCUT2D eigenvalue weighted by atomic mass is 16.4. The Morgan fingerprint density at radius 1 is 0.929 bits per heavy atom. The zero-order valence-electron chi connectivity index (χ0n) is 16.1. The van der Waals surface area contributed by atoms with E-state index in [2.05, 4.69) is 68.3 Å². The van der Waals surface area contributed by atoms with E-state index in [1.54, 1.807) is 0 Å².